The minimum Gasteiger partial charge on any atom is -0.497 e. The summed E-state index contributed by atoms with van der Waals surface area (Å²) in [5.74, 6) is 1.43. The van der Waals surface area contributed by atoms with Gasteiger partial charge in [-0.2, -0.15) is 0 Å². The summed E-state index contributed by atoms with van der Waals surface area (Å²) >= 11 is 0. The highest BCUT2D eigenvalue weighted by molar-refractivity contribution is 5.69. The van der Waals surface area contributed by atoms with Gasteiger partial charge >= 0.3 is 0 Å². The fourth-order valence-electron chi connectivity index (χ4n) is 3.89. The summed E-state index contributed by atoms with van der Waals surface area (Å²) in [5.41, 5.74) is 4.20. The summed E-state index contributed by atoms with van der Waals surface area (Å²) < 4.78 is 5.31. The van der Waals surface area contributed by atoms with E-state index in [1.165, 1.54) is 36.0 Å². The van der Waals surface area contributed by atoms with Gasteiger partial charge in [-0.25, -0.2) is 0 Å². The van der Waals surface area contributed by atoms with E-state index in [-0.39, 0.29) is 0 Å². The molecule has 2 atom stereocenters. The number of nitrogens with zero attached hydrogens (tertiary/aromatic N) is 1. The maximum absolute atomic E-state index is 5.31. The first-order chi connectivity index (χ1) is 11.7. The number of ether oxygens (including phenoxy) is 1. The number of benzene rings is 2. The Labute approximate surface area is 145 Å². The van der Waals surface area contributed by atoms with Crippen molar-refractivity contribution in [2.75, 3.05) is 21.2 Å². The molecule has 0 saturated heterocycles. The second-order valence-electron chi connectivity index (χ2n) is 6.74. The van der Waals surface area contributed by atoms with Gasteiger partial charge in [0.05, 0.1) is 7.11 Å². The maximum atomic E-state index is 5.31. The molecule has 0 N–H and O–H groups in total. The van der Waals surface area contributed by atoms with Crippen molar-refractivity contribution in [3.63, 3.8) is 0 Å². The van der Waals surface area contributed by atoms with Crippen LogP contribution in [0.2, 0.25) is 0 Å². The van der Waals surface area contributed by atoms with Crippen molar-refractivity contribution in [3.05, 3.63) is 71.8 Å². The molecular weight excluding hydrogens is 294 g/mol. The molecule has 0 heterocycles. The molecule has 0 aliphatic heterocycles. The number of hydrogen-bond donors (Lipinski definition) is 0. The first-order valence-electron chi connectivity index (χ1n) is 8.76. The summed E-state index contributed by atoms with van der Waals surface area (Å²) in [6, 6.07) is 19.8. The quantitative estimate of drug-likeness (QED) is 0.752. The molecular formula is C22H27NO. The maximum Gasteiger partial charge on any atom is 0.118 e. The lowest BCUT2D eigenvalue weighted by Crippen LogP contribution is -2.29. The molecule has 3 rings (SSSR count). The predicted octanol–water partition coefficient (Wildman–Crippen LogP) is 5.18. The van der Waals surface area contributed by atoms with Crippen LogP contribution in [0, 0.1) is 5.92 Å². The van der Waals surface area contributed by atoms with Crippen molar-refractivity contribution in [2.24, 2.45) is 5.92 Å². The number of allylic oxidation sites excluding steroid dienone is 1. The van der Waals surface area contributed by atoms with E-state index in [1.54, 1.807) is 7.11 Å². The van der Waals surface area contributed by atoms with Crippen molar-refractivity contribution in [3.8, 4) is 5.75 Å². The van der Waals surface area contributed by atoms with Crippen LogP contribution < -0.4 is 4.74 Å². The Kier molecular flexibility index (Phi) is 5.37. The molecule has 1 aliphatic rings. The van der Waals surface area contributed by atoms with E-state index < -0.39 is 0 Å². The Morgan fingerprint density at radius 3 is 2.33 bits per heavy atom. The lowest BCUT2D eigenvalue weighted by molar-refractivity contribution is 0.234. The molecule has 0 spiro atoms. The van der Waals surface area contributed by atoms with Crippen LogP contribution in [-0.2, 0) is 0 Å². The molecule has 2 nitrogen and oxygen atoms in total. The normalized spacial score (nSPS) is 19.0. The average molecular weight is 321 g/mol. The van der Waals surface area contributed by atoms with Gasteiger partial charge in [-0.15, -0.1) is 0 Å². The Morgan fingerprint density at radius 1 is 1.00 bits per heavy atom. The molecule has 2 aromatic rings. The van der Waals surface area contributed by atoms with Crippen molar-refractivity contribution in [1.29, 1.82) is 0 Å². The lowest BCUT2D eigenvalue weighted by atomic mass is 9.76. The summed E-state index contributed by atoms with van der Waals surface area (Å²) in [5, 5.41) is 0. The van der Waals surface area contributed by atoms with Crippen LogP contribution in [0.3, 0.4) is 0 Å². The third kappa shape index (κ3) is 3.54. The number of methoxy groups -OCH3 is 1. The van der Waals surface area contributed by atoms with Crippen molar-refractivity contribution < 1.29 is 4.74 Å². The zero-order valence-corrected chi connectivity index (χ0v) is 14.9. The molecule has 0 radical (unpaired) electrons. The molecule has 0 amide bonds. The van der Waals surface area contributed by atoms with Crippen molar-refractivity contribution in [2.45, 2.75) is 25.3 Å². The first kappa shape index (κ1) is 16.8. The Morgan fingerprint density at radius 2 is 1.71 bits per heavy atom. The monoisotopic (exact) mass is 321 g/mol. The van der Waals surface area contributed by atoms with Gasteiger partial charge in [0, 0.05) is 12.0 Å². The van der Waals surface area contributed by atoms with Gasteiger partial charge in [0.2, 0.25) is 0 Å². The molecule has 0 aromatic heterocycles. The third-order valence-corrected chi connectivity index (χ3v) is 4.98. The zero-order valence-electron chi connectivity index (χ0n) is 14.9. The van der Waals surface area contributed by atoms with Gasteiger partial charge in [0.25, 0.3) is 0 Å². The SMILES string of the molecule is COc1ccc(C2=CCCCC2C(c2ccccc2)N(C)C)cc1. The summed E-state index contributed by atoms with van der Waals surface area (Å²) in [6.45, 7) is 0. The van der Waals surface area contributed by atoms with E-state index in [0.717, 1.165) is 5.75 Å². The Bertz CT molecular complexity index is 673. The topological polar surface area (TPSA) is 12.5 Å². The highest BCUT2D eigenvalue weighted by Crippen LogP contribution is 2.42. The lowest BCUT2D eigenvalue weighted by Gasteiger charge is -2.36. The molecule has 1 aliphatic carbocycles. The van der Waals surface area contributed by atoms with Crippen LogP contribution in [0.15, 0.2) is 60.7 Å². The van der Waals surface area contributed by atoms with Crippen LogP contribution in [0.1, 0.15) is 36.4 Å². The second kappa shape index (κ2) is 7.67. The summed E-state index contributed by atoms with van der Waals surface area (Å²) in [7, 11) is 6.10. The second-order valence-corrected chi connectivity index (χ2v) is 6.74. The smallest absolute Gasteiger partial charge is 0.118 e. The van der Waals surface area contributed by atoms with Gasteiger partial charge in [0.1, 0.15) is 5.75 Å². The molecule has 2 heteroatoms. The van der Waals surface area contributed by atoms with Crippen LogP contribution in [0.25, 0.3) is 5.57 Å². The Balaban J connectivity index is 1.96. The number of rotatable bonds is 5. The standard InChI is InChI=1S/C22H27NO/c1-23(2)22(18-9-5-4-6-10-18)21-12-8-7-11-20(21)17-13-15-19(24-3)16-14-17/h4-6,9-11,13-16,21-22H,7-8,12H2,1-3H3. The van der Waals surface area contributed by atoms with Crippen LogP contribution >= 0.6 is 0 Å². The van der Waals surface area contributed by atoms with E-state index in [2.05, 4.69) is 79.7 Å². The van der Waals surface area contributed by atoms with Crippen molar-refractivity contribution >= 4 is 5.57 Å². The minimum absolute atomic E-state index is 0.403. The molecule has 2 unspecified atom stereocenters. The van der Waals surface area contributed by atoms with Gasteiger partial charge in [-0.3, -0.25) is 0 Å². The fraction of sp³-hybridized carbons (Fsp3) is 0.364. The van der Waals surface area contributed by atoms with Crippen LogP contribution in [0.5, 0.6) is 5.75 Å². The Hall–Kier alpha value is -2.06. The molecule has 24 heavy (non-hydrogen) atoms. The largest absolute Gasteiger partial charge is 0.497 e. The van der Waals surface area contributed by atoms with Gasteiger partial charge in [0.15, 0.2) is 0 Å². The highest BCUT2D eigenvalue weighted by Gasteiger charge is 2.30. The van der Waals surface area contributed by atoms with E-state index in [0.29, 0.717) is 12.0 Å². The van der Waals surface area contributed by atoms with E-state index in [9.17, 15) is 0 Å². The average Bonchev–Trinajstić information content (AvgIpc) is 2.63. The molecule has 126 valence electrons. The van der Waals surface area contributed by atoms with E-state index >= 15 is 0 Å². The number of hydrogen-bond acceptors (Lipinski definition) is 2. The molecule has 0 bridgehead atoms. The van der Waals surface area contributed by atoms with E-state index in [1.807, 2.05) is 0 Å². The molecule has 2 aromatic carbocycles. The van der Waals surface area contributed by atoms with Crippen molar-refractivity contribution in [1.82, 2.24) is 4.90 Å². The molecule has 0 fully saturated rings. The van der Waals surface area contributed by atoms with Gasteiger partial charge in [-0.1, -0.05) is 48.5 Å². The predicted molar refractivity (Wildman–Crippen MR) is 101 cm³/mol. The summed E-state index contributed by atoms with van der Waals surface area (Å²) in [4.78, 5) is 2.36. The fourth-order valence-corrected chi connectivity index (χ4v) is 3.89. The van der Waals surface area contributed by atoms with Gasteiger partial charge in [-0.05, 0) is 62.2 Å². The molecule has 0 saturated carbocycles. The summed E-state index contributed by atoms with van der Waals surface area (Å²) in [6.07, 6.45) is 6.11. The van der Waals surface area contributed by atoms with Crippen LogP contribution in [0.4, 0.5) is 0 Å². The highest BCUT2D eigenvalue weighted by atomic mass is 16.5. The minimum atomic E-state index is 0.403. The first-order valence-corrected chi connectivity index (χ1v) is 8.76. The van der Waals surface area contributed by atoms with E-state index in [4.69, 9.17) is 4.74 Å². The van der Waals surface area contributed by atoms with Gasteiger partial charge < -0.3 is 9.64 Å². The third-order valence-electron chi connectivity index (χ3n) is 4.98. The van der Waals surface area contributed by atoms with Crippen LogP contribution in [-0.4, -0.2) is 26.1 Å². The zero-order chi connectivity index (χ0) is 16.9.